The molecule has 24 heavy (non-hydrogen) atoms. The van der Waals surface area contributed by atoms with Crippen molar-refractivity contribution >= 4 is 23.2 Å². The first-order valence-electron chi connectivity index (χ1n) is 7.23. The molecule has 0 spiro atoms. The highest BCUT2D eigenvalue weighted by Crippen LogP contribution is 2.30. The molecule has 0 saturated heterocycles. The SMILES string of the molecule is COC(=O)CNC(=O)c1sc(-n2cccc2)nc1-c1ccccc1. The number of benzene rings is 1. The molecule has 7 heteroatoms. The molecule has 0 aliphatic carbocycles. The number of nitrogens with zero attached hydrogens (tertiary/aromatic N) is 2. The highest BCUT2D eigenvalue weighted by atomic mass is 32.1. The lowest BCUT2D eigenvalue weighted by Crippen LogP contribution is -2.29. The lowest BCUT2D eigenvalue weighted by atomic mass is 10.1. The van der Waals surface area contributed by atoms with Gasteiger partial charge >= 0.3 is 5.97 Å². The van der Waals surface area contributed by atoms with Crippen LogP contribution in [0.5, 0.6) is 0 Å². The fraction of sp³-hybridized carbons (Fsp3) is 0.118. The number of nitrogens with one attached hydrogen (secondary N) is 1. The predicted molar refractivity (Wildman–Crippen MR) is 91.2 cm³/mol. The second-order valence-electron chi connectivity index (χ2n) is 4.89. The van der Waals surface area contributed by atoms with Gasteiger partial charge in [0.25, 0.3) is 5.91 Å². The van der Waals surface area contributed by atoms with Gasteiger partial charge in [0.05, 0.1) is 12.8 Å². The van der Waals surface area contributed by atoms with Crippen LogP contribution < -0.4 is 5.32 Å². The van der Waals surface area contributed by atoms with Gasteiger partial charge in [-0.3, -0.25) is 9.59 Å². The summed E-state index contributed by atoms with van der Waals surface area (Å²) in [5.74, 6) is -0.852. The third-order valence-corrected chi connectivity index (χ3v) is 4.38. The number of esters is 1. The van der Waals surface area contributed by atoms with Crippen LogP contribution in [0, 0.1) is 0 Å². The number of carbonyl (C=O) groups excluding carboxylic acids is 2. The largest absolute Gasteiger partial charge is 0.468 e. The van der Waals surface area contributed by atoms with E-state index in [1.54, 1.807) is 0 Å². The van der Waals surface area contributed by atoms with Crippen LogP contribution in [0.4, 0.5) is 0 Å². The van der Waals surface area contributed by atoms with Gasteiger partial charge in [0.1, 0.15) is 11.4 Å². The normalized spacial score (nSPS) is 10.4. The maximum atomic E-state index is 12.5. The van der Waals surface area contributed by atoms with E-state index in [-0.39, 0.29) is 12.5 Å². The Kier molecular flexibility index (Phi) is 4.72. The molecule has 3 rings (SSSR count). The van der Waals surface area contributed by atoms with Gasteiger partial charge in [-0.05, 0) is 12.1 Å². The van der Waals surface area contributed by atoms with Crippen molar-refractivity contribution in [3.63, 3.8) is 0 Å². The Morgan fingerprint density at radius 3 is 2.54 bits per heavy atom. The second kappa shape index (κ2) is 7.10. The molecule has 6 nitrogen and oxygen atoms in total. The summed E-state index contributed by atoms with van der Waals surface area (Å²) in [6.07, 6.45) is 3.73. The van der Waals surface area contributed by atoms with Gasteiger partial charge in [0, 0.05) is 18.0 Å². The standard InChI is InChI=1S/C17H15N3O3S/c1-23-13(21)11-18-16(22)15-14(12-7-3-2-4-8-12)19-17(24-15)20-9-5-6-10-20/h2-10H,11H2,1H3,(H,18,22). The highest BCUT2D eigenvalue weighted by Gasteiger charge is 2.20. The lowest BCUT2D eigenvalue weighted by molar-refractivity contribution is -0.139. The molecule has 0 saturated carbocycles. The van der Waals surface area contributed by atoms with Crippen LogP contribution in [-0.4, -0.2) is 35.1 Å². The zero-order valence-electron chi connectivity index (χ0n) is 12.9. The maximum absolute atomic E-state index is 12.5. The van der Waals surface area contributed by atoms with Crippen molar-refractivity contribution in [1.29, 1.82) is 0 Å². The molecule has 3 aromatic rings. The van der Waals surface area contributed by atoms with Crippen LogP contribution in [-0.2, 0) is 9.53 Å². The fourth-order valence-electron chi connectivity index (χ4n) is 2.13. The third-order valence-electron chi connectivity index (χ3n) is 3.32. The van der Waals surface area contributed by atoms with Gasteiger partial charge in [-0.2, -0.15) is 0 Å². The van der Waals surface area contributed by atoms with Gasteiger partial charge < -0.3 is 14.6 Å². The van der Waals surface area contributed by atoms with Crippen molar-refractivity contribution in [2.24, 2.45) is 0 Å². The van der Waals surface area contributed by atoms with Crippen molar-refractivity contribution in [3.05, 3.63) is 59.7 Å². The number of amides is 1. The summed E-state index contributed by atoms with van der Waals surface area (Å²) in [6, 6.07) is 13.2. The molecule has 2 aromatic heterocycles. The van der Waals surface area contributed by atoms with E-state index in [9.17, 15) is 9.59 Å². The molecule has 2 heterocycles. The molecule has 0 bridgehead atoms. The molecular formula is C17H15N3O3S. The molecule has 1 aromatic carbocycles. The van der Waals surface area contributed by atoms with Crippen LogP contribution in [0.3, 0.4) is 0 Å². The molecule has 0 fully saturated rings. The average molecular weight is 341 g/mol. The van der Waals surface area contributed by atoms with Crippen LogP contribution in [0.15, 0.2) is 54.9 Å². The summed E-state index contributed by atoms with van der Waals surface area (Å²) in [7, 11) is 1.28. The molecule has 0 atom stereocenters. The number of thiazole rings is 1. The molecule has 122 valence electrons. The first-order valence-corrected chi connectivity index (χ1v) is 8.05. The van der Waals surface area contributed by atoms with E-state index in [4.69, 9.17) is 0 Å². The van der Waals surface area contributed by atoms with Crippen LogP contribution in [0.2, 0.25) is 0 Å². The summed E-state index contributed by atoms with van der Waals surface area (Å²) >= 11 is 1.27. The van der Waals surface area contributed by atoms with E-state index in [0.29, 0.717) is 15.7 Å². The molecule has 0 radical (unpaired) electrons. The average Bonchev–Trinajstić information content (AvgIpc) is 3.29. The van der Waals surface area contributed by atoms with Gasteiger partial charge in [0.2, 0.25) is 0 Å². The maximum Gasteiger partial charge on any atom is 0.325 e. The van der Waals surface area contributed by atoms with Gasteiger partial charge in [-0.25, -0.2) is 4.98 Å². The number of rotatable bonds is 5. The Bertz CT molecular complexity index is 841. The van der Waals surface area contributed by atoms with Crippen molar-refractivity contribution < 1.29 is 14.3 Å². The molecule has 0 aliphatic rings. The van der Waals surface area contributed by atoms with Gasteiger partial charge in [-0.1, -0.05) is 41.7 Å². The zero-order valence-corrected chi connectivity index (χ0v) is 13.7. The predicted octanol–water partition coefficient (Wildman–Crippen LogP) is 2.50. The minimum atomic E-state index is -0.500. The number of hydrogen-bond acceptors (Lipinski definition) is 5. The van der Waals surface area contributed by atoms with E-state index >= 15 is 0 Å². The van der Waals surface area contributed by atoms with Crippen LogP contribution >= 0.6 is 11.3 Å². The molecule has 1 N–H and O–H groups in total. The Balaban J connectivity index is 1.97. The van der Waals surface area contributed by atoms with E-state index in [1.165, 1.54) is 18.4 Å². The zero-order chi connectivity index (χ0) is 16.9. The second-order valence-corrected chi connectivity index (χ2v) is 5.87. The van der Waals surface area contributed by atoms with Crippen molar-refractivity contribution in [3.8, 4) is 16.4 Å². The number of hydrogen-bond donors (Lipinski definition) is 1. The number of ether oxygens (including phenoxy) is 1. The minimum Gasteiger partial charge on any atom is -0.468 e. The third kappa shape index (κ3) is 3.36. The van der Waals surface area contributed by atoms with E-state index in [1.807, 2.05) is 59.4 Å². The van der Waals surface area contributed by atoms with E-state index in [0.717, 1.165) is 5.56 Å². The number of carbonyl (C=O) groups is 2. The summed E-state index contributed by atoms with van der Waals surface area (Å²) in [5, 5.41) is 3.25. The van der Waals surface area contributed by atoms with Gasteiger partial charge in [0.15, 0.2) is 5.13 Å². The Morgan fingerprint density at radius 2 is 1.88 bits per heavy atom. The fourth-order valence-corrected chi connectivity index (χ4v) is 3.10. The summed E-state index contributed by atoms with van der Waals surface area (Å²) < 4.78 is 6.39. The monoisotopic (exact) mass is 341 g/mol. The summed E-state index contributed by atoms with van der Waals surface area (Å²) in [6.45, 7) is -0.180. The topological polar surface area (TPSA) is 73.2 Å². The molecular weight excluding hydrogens is 326 g/mol. The highest BCUT2D eigenvalue weighted by molar-refractivity contribution is 7.16. The Morgan fingerprint density at radius 1 is 1.17 bits per heavy atom. The number of aromatic nitrogens is 2. The first-order chi connectivity index (χ1) is 11.7. The minimum absolute atomic E-state index is 0.180. The van der Waals surface area contributed by atoms with Crippen molar-refractivity contribution in [1.82, 2.24) is 14.9 Å². The Hall–Kier alpha value is -2.93. The quantitative estimate of drug-likeness (QED) is 0.724. The summed E-state index contributed by atoms with van der Waals surface area (Å²) in [4.78, 5) is 28.8. The van der Waals surface area contributed by atoms with Crippen molar-refractivity contribution in [2.45, 2.75) is 0 Å². The van der Waals surface area contributed by atoms with Crippen LogP contribution in [0.25, 0.3) is 16.4 Å². The number of methoxy groups -OCH3 is 1. The summed E-state index contributed by atoms with van der Waals surface area (Å²) in [5.41, 5.74) is 1.43. The smallest absolute Gasteiger partial charge is 0.325 e. The van der Waals surface area contributed by atoms with Gasteiger partial charge in [-0.15, -0.1) is 0 Å². The first kappa shape index (κ1) is 15.9. The lowest BCUT2D eigenvalue weighted by Gasteiger charge is -2.04. The molecule has 0 aliphatic heterocycles. The van der Waals surface area contributed by atoms with E-state index in [2.05, 4.69) is 15.0 Å². The molecule has 1 amide bonds. The Labute approximate surface area is 142 Å². The molecule has 0 unspecified atom stereocenters. The van der Waals surface area contributed by atoms with E-state index < -0.39 is 5.97 Å². The van der Waals surface area contributed by atoms with Crippen LogP contribution in [0.1, 0.15) is 9.67 Å². The van der Waals surface area contributed by atoms with Crippen molar-refractivity contribution in [2.75, 3.05) is 13.7 Å².